The lowest BCUT2D eigenvalue weighted by Crippen LogP contribution is -2.62. The van der Waals surface area contributed by atoms with Gasteiger partial charge in [-0.3, -0.25) is 34.9 Å². The Morgan fingerprint density at radius 2 is 1.94 bits per heavy atom. The first-order valence-electron chi connectivity index (χ1n) is 10.2. The molecular formula is C22H24N4O5. The number of fused-ring (bicyclic) bond motifs is 3. The van der Waals surface area contributed by atoms with Crippen LogP contribution < -0.4 is 15.8 Å². The van der Waals surface area contributed by atoms with Gasteiger partial charge in [0.25, 0.3) is 11.8 Å². The summed E-state index contributed by atoms with van der Waals surface area (Å²) in [7, 11) is 0. The van der Waals surface area contributed by atoms with E-state index in [9.17, 15) is 19.2 Å². The van der Waals surface area contributed by atoms with Crippen molar-refractivity contribution in [3.05, 3.63) is 53.5 Å². The van der Waals surface area contributed by atoms with Crippen LogP contribution in [0.1, 0.15) is 59.1 Å². The lowest BCUT2D eigenvalue weighted by Gasteiger charge is -2.48. The van der Waals surface area contributed by atoms with E-state index in [-0.39, 0.29) is 24.1 Å². The number of carbonyl (C=O) groups excluding carboxylic acids is 4. The van der Waals surface area contributed by atoms with Crippen LogP contribution in [0.2, 0.25) is 0 Å². The molecule has 0 bridgehead atoms. The average Bonchev–Trinajstić information content (AvgIpc) is 3.32. The summed E-state index contributed by atoms with van der Waals surface area (Å²) >= 11 is 0. The van der Waals surface area contributed by atoms with Gasteiger partial charge in [-0.25, -0.2) is 0 Å². The van der Waals surface area contributed by atoms with Gasteiger partial charge in [-0.05, 0) is 44.9 Å². The molecule has 2 N–H and O–H groups in total. The number of aryl methyl sites for hydroxylation is 1. The van der Waals surface area contributed by atoms with E-state index in [2.05, 4.69) is 10.9 Å². The number of amides is 4. The molecule has 9 nitrogen and oxygen atoms in total. The molecule has 31 heavy (non-hydrogen) atoms. The smallest absolute Gasteiger partial charge is 0.273 e. The quantitative estimate of drug-likeness (QED) is 0.714. The number of anilines is 1. The number of hydrogen-bond donors (Lipinski definition) is 2. The third kappa shape index (κ3) is 3.56. The zero-order chi connectivity index (χ0) is 22.2. The summed E-state index contributed by atoms with van der Waals surface area (Å²) in [6.45, 7) is 3.86. The van der Waals surface area contributed by atoms with Crippen LogP contribution in [-0.4, -0.2) is 40.7 Å². The average molecular weight is 424 g/mol. The summed E-state index contributed by atoms with van der Waals surface area (Å²) in [5.74, 6) is -0.533. The fraction of sp³-hybridized carbons (Fsp3) is 0.364. The predicted molar refractivity (Wildman–Crippen MR) is 111 cm³/mol. The van der Waals surface area contributed by atoms with Crippen molar-refractivity contribution in [2.24, 2.45) is 0 Å². The van der Waals surface area contributed by atoms with Crippen molar-refractivity contribution >= 4 is 29.3 Å². The zero-order valence-electron chi connectivity index (χ0n) is 17.4. The van der Waals surface area contributed by atoms with E-state index in [0.29, 0.717) is 48.4 Å². The van der Waals surface area contributed by atoms with E-state index in [4.69, 9.17) is 4.42 Å². The second kappa shape index (κ2) is 7.90. The molecule has 0 aliphatic carbocycles. The van der Waals surface area contributed by atoms with Crippen molar-refractivity contribution in [3.63, 3.8) is 0 Å². The van der Waals surface area contributed by atoms with Gasteiger partial charge in [-0.15, -0.1) is 0 Å². The Hall–Kier alpha value is -3.62. The van der Waals surface area contributed by atoms with Crippen LogP contribution in [0.5, 0.6) is 0 Å². The number of carbonyl (C=O) groups is 4. The van der Waals surface area contributed by atoms with E-state index in [0.717, 1.165) is 0 Å². The van der Waals surface area contributed by atoms with Crippen molar-refractivity contribution in [2.75, 3.05) is 11.4 Å². The molecule has 1 aromatic heterocycles. The highest BCUT2D eigenvalue weighted by Crippen LogP contribution is 2.43. The SMILES string of the molecule is Cc1occc1C(=O)NNC(=O)CCCN1C(=O)c2ccccc2N2C(=O)CCC12C. The van der Waals surface area contributed by atoms with Gasteiger partial charge in [0.1, 0.15) is 11.4 Å². The lowest BCUT2D eigenvalue weighted by atomic mass is 9.98. The van der Waals surface area contributed by atoms with Gasteiger partial charge < -0.3 is 9.32 Å². The largest absolute Gasteiger partial charge is 0.469 e. The number of hydrogen-bond acceptors (Lipinski definition) is 5. The number of furan rings is 1. The molecule has 4 rings (SSSR count). The third-order valence-electron chi connectivity index (χ3n) is 5.95. The molecule has 2 aliphatic heterocycles. The summed E-state index contributed by atoms with van der Waals surface area (Å²) in [5.41, 5.74) is 5.46. The molecule has 4 amide bonds. The Labute approximate surface area is 179 Å². The summed E-state index contributed by atoms with van der Waals surface area (Å²) in [6.07, 6.45) is 2.81. The molecular weight excluding hydrogens is 400 g/mol. The molecule has 0 spiro atoms. The maximum Gasteiger partial charge on any atom is 0.273 e. The third-order valence-corrected chi connectivity index (χ3v) is 5.95. The molecule has 0 saturated carbocycles. The Morgan fingerprint density at radius 3 is 2.68 bits per heavy atom. The number of rotatable bonds is 5. The van der Waals surface area contributed by atoms with E-state index < -0.39 is 11.6 Å². The van der Waals surface area contributed by atoms with Gasteiger partial charge in [0.2, 0.25) is 11.8 Å². The van der Waals surface area contributed by atoms with Gasteiger partial charge in [0, 0.05) is 19.4 Å². The molecule has 1 aromatic carbocycles. The van der Waals surface area contributed by atoms with Gasteiger partial charge in [0.15, 0.2) is 0 Å². The summed E-state index contributed by atoms with van der Waals surface area (Å²) in [4.78, 5) is 53.3. The van der Waals surface area contributed by atoms with E-state index >= 15 is 0 Å². The van der Waals surface area contributed by atoms with E-state index in [1.54, 1.807) is 34.9 Å². The second-order valence-corrected chi connectivity index (χ2v) is 7.92. The van der Waals surface area contributed by atoms with Gasteiger partial charge >= 0.3 is 0 Å². The molecule has 1 saturated heterocycles. The van der Waals surface area contributed by atoms with Crippen LogP contribution in [0.4, 0.5) is 5.69 Å². The summed E-state index contributed by atoms with van der Waals surface area (Å²) in [6, 6.07) is 8.62. The molecule has 0 radical (unpaired) electrons. The summed E-state index contributed by atoms with van der Waals surface area (Å²) in [5, 5.41) is 0. The van der Waals surface area contributed by atoms with Gasteiger partial charge in [-0.1, -0.05) is 12.1 Å². The standard InChI is InChI=1S/C22H24N4O5/c1-14-15(10-13-31-14)20(29)24-23-18(27)8-5-12-25-21(30)16-6-3-4-7-17(16)26-19(28)9-11-22(25,26)2/h3-4,6-7,10,13H,5,8-9,11-12H2,1-2H3,(H,23,27)(H,24,29). The first kappa shape index (κ1) is 20.6. The first-order chi connectivity index (χ1) is 14.8. The first-order valence-corrected chi connectivity index (χ1v) is 10.2. The Kier molecular flexibility index (Phi) is 5.26. The summed E-state index contributed by atoms with van der Waals surface area (Å²) < 4.78 is 5.07. The minimum atomic E-state index is -0.744. The number of para-hydroxylation sites is 1. The number of hydrazine groups is 1. The normalized spacial score (nSPS) is 19.8. The van der Waals surface area contributed by atoms with Crippen LogP contribution in [0.25, 0.3) is 0 Å². The van der Waals surface area contributed by atoms with Gasteiger partial charge in [0.05, 0.1) is 23.1 Å². The van der Waals surface area contributed by atoms with Crippen molar-refractivity contribution in [1.82, 2.24) is 15.8 Å². The highest BCUT2D eigenvalue weighted by atomic mass is 16.3. The predicted octanol–water partition coefficient (Wildman–Crippen LogP) is 2.13. The number of benzene rings is 1. The van der Waals surface area contributed by atoms with E-state index in [1.807, 2.05) is 13.0 Å². The molecule has 2 aromatic rings. The van der Waals surface area contributed by atoms with Crippen LogP contribution in [0.15, 0.2) is 41.0 Å². The van der Waals surface area contributed by atoms with Crippen LogP contribution >= 0.6 is 0 Å². The minimum Gasteiger partial charge on any atom is -0.469 e. The topological polar surface area (TPSA) is 112 Å². The highest BCUT2D eigenvalue weighted by Gasteiger charge is 2.52. The highest BCUT2D eigenvalue weighted by molar-refractivity contribution is 6.10. The Morgan fingerprint density at radius 1 is 1.16 bits per heavy atom. The number of nitrogens with zero attached hydrogens (tertiary/aromatic N) is 2. The van der Waals surface area contributed by atoms with Crippen LogP contribution in [0, 0.1) is 6.92 Å². The Balaban J connectivity index is 1.37. The number of nitrogens with one attached hydrogen (secondary N) is 2. The molecule has 9 heteroatoms. The maximum atomic E-state index is 13.1. The van der Waals surface area contributed by atoms with Gasteiger partial charge in [-0.2, -0.15) is 0 Å². The van der Waals surface area contributed by atoms with Crippen molar-refractivity contribution in [1.29, 1.82) is 0 Å². The molecule has 1 unspecified atom stereocenters. The lowest BCUT2D eigenvalue weighted by molar-refractivity contribution is -0.122. The minimum absolute atomic E-state index is 0.0116. The molecule has 162 valence electrons. The molecule has 3 heterocycles. The van der Waals surface area contributed by atoms with E-state index in [1.165, 1.54) is 12.3 Å². The molecule has 1 atom stereocenters. The van der Waals surface area contributed by atoms with Crippen LogP contribution in [0.3, 0.4) is 0 Å². The van der Waals surface area contributed by atoms with Crippen molar-refractivity contribution in [2.45, 2.75) is 45.2 Å². The van der Waals surface area contributed by atoms with Crippen LogP contribution in [-0.2, 0) is 9.59 Å². The second-order valence-electron chi connectivity index (χ2n) is 7.92. The fourth-order valence-corrected chi connectivity index (χ4v) is 4.32. The Bertz CT molecular complexity index is 1060. The molecule has 1 fully saturated rings. The van der Waals surface area contributed by atoms with Crippen molar-refractivity contribution < 1.29 is 23.6 Å². The molecule has 2 aliphatic rings. The fourth-order valence-electron chi connectivity index (χ4n) is 4.32. The monoisotopic (exact) mass is 424 g/mol. The zero-order valence-corrected chi connectivity index (χ0v) is 17.4. The maximum absolute atomic E-state index is 13.1. The van der Waals surface area contributed by atoms with Crippen molar-refractivity contribution in [3.8, 4) is 0 Å².